The lowest BCUT2D eigenvalue weighted by Crippen LogP contribution is -2.06. The second-order valence-electron chi connectivity index (χ2n) is 2.57. The van der Waals surface area contributed by atoms with Gasteiger partial charge in [-0.2, -0.15) is 13.2 Å². The van der Waals surface area contributed by atoms with Crippen LogP contribution in [0.5, 0.6) is 0 Å². The molecule has 78 valence electrons. The summed E-state index contributed by atoms with van der Waals surface area (Å²) in [5, 5.41) is 0. The molecule has 1 aromatic heterocycles. The van der Waals surface area contributed by atoms with E-state index in [4.69, 9.17) is 0 Å². The molecule has 0 aliphatic rings. The molecule has 7 heteroatoms. The molecule has 0 bridgehead atoms. The highest BCUT2D eigenvalue weighted by atomic mass is 32.2. The van der Waals surface area contributed by atoms with Gasteiger partial charge in [0.25, 0.3) is 0 Å². The van der Waals surface area contributed by atoms with Crippen LogP contribution in [-0.4, -0.2) is 13.4 Å². The lowest BCUT2D eigenvalue weighted by atomic mass is 10.2. The Morgan fingerprint density at radius 3 is 2.43 bits per heavy atom. The van der Waals surface area contributed by atoms with Crippen LogP contribution in [-0.2, 0) is 22.6 Å². The topological polar surface area (TPSA) is 47.0 Å². The lowest BCUT2D eigenvalue weighted by Gasteiger charge is -2.06. The van der Waals surface area contributed by atoms with Crippen LogP contribution in [0.15, 0.2) is 18.5 Å². The Labute approximate surface area is 79.5 Å². The first-order valence-electron chi connectivity index (χ1n) is 3.52. The summed E-state index contributed by atoms with van der Waals surface area (Å²) in [5.41, 5.74) is -0.900. The van der Waals surface area contributed by atoms with E-state index in [2.05, 4.69) is 4.98 Å². The maximum absolute atomic E-state index is 12.1. The normalized spacial score (nSPS) is 12.0. The zero-order valence-electron chi connectivity index (χ0n) is 6.78. The molecule has 1 heterocycles. The maximum atomic E-state index is 12.1. The minimum absolute atomic E-state index is 0.0379. The predicted octanol–water partition coefficient (Wildman–Crippen LogP) is 1.21. The first-order valence-corrected chi connectivity index (χ1v) is 4.89. The molecule has 0 fully saturated rings. The van der Waals surface area contributed by atoms with E-state index >= 15 is 0 Å². The van der Waals surface area contributed by atoms with Gasteiger partial charge in [0.1, 0.15) is 10.7 Å². The van der Waals surface area contributed by atoms with Gasteiger partial charge in [-0.25, -0.2) is 8.42 Å². The molecule has 0 unspecified atom stereocenters. The molecular formula is C7H6F3NO2S. The number of thiol groups is 1. The highest BCUT2D eigenvalue weighted by Gasteiger charge is 2.30. The fourth-order valence-electron chi connectivity index (χ4n) is 0.878. The fourth-order valence-corrected chi connectivity index (χ4v) is 1.35. The highest BCUT2D eigenvalue weighted by molar-refractivity contribution is 7.71. The van der Waals surface area contributed by atoms with Crippen molar-refractivity contribution >= 4 is 10.7 Å². The summed E-state index contributed by atoms with van der Waals surface area (Å²) < 4.78 is 56.9. The minimum atomic E-state index is -4.49. The van der Waals surface area contributed by atoms with E-state index in [1.165, 1.54) is 0 Å². The van der Waals surface area contributed by atoms with Crippen LogP contribution >= 0.6 is 0 Å². The van der Waals surface area contributed by atoms with E-state index in [9.17, 15) is 21.6 Å². The summed E-state index contributed by atoms with van der Waals surface area (Å²) in [6.07, 6.45) is -2.74. The standard InChI is InChI=1S/C7H6F3NO2S/c8-7(9,10)6-1-5(2-11-3-6)4-14(12)13/h1-3,14H,4H2. The van der Waals surface area contributed by atoms with Crippen molar-refractivity contribution in [3.05, 3.63) is 29.6 Å². The molecule has 14 heavy (non-hydrogen) atoms. The molecule has 0 N–H and O–H groups in total. The van der Waals surface area contributed by atoms with Crippen molar-refractivity contribution in [3.63, 3.8) is 0 Å². The third-order valence-electron chi connectivity index (χ3n) is 1.43. The van der Waals surface area contributed by atoms with Crippen LogP contribution < -0.4 is 0 Å². The molecule has 0 atom stereocenters. The first-order chi connectivity index (χ1) is 6.39. The van der Waals surface area contributed by atoms with Gasteiger partial charge in [-0.05, 0) is 11.6 Å². The van der Waals surface area contributed by atoms with Crippen LogP contribution in [0.3, 0.4) is 0 Å². The van der Waals surface area contributed by atoms with Crippen molar-refractivity contribution < 1.29 is 21.6 Å². The van der Waals surface area contributed by atoms with E-state index < -0.39 is 28.2 Å². The third-order valence-corrected chi connectivity index (χ3v) is 2.06. The monoisotopic (exact) mass is 225 g/mol. The van der Waals surface area contributed by atoms with Crippen molar-refractivity contribution in [1.82, 2.24) is 4.98 Å². The summed E-state index contributed by atoms with van der Waals surface area (Å²) in [6.45, 7) is 0. The third kappa shape index (κ3) is 2.99. The van der Waals surface area contributed by atoms with Gasteiger partial charge in [0.15, 0.2) is 0 Å². The van der Waals surface area contributed by atoms with E-state index in [1.807, 2.05) is 0 Å². The molecule has 0 amide bonds. The van der Waals surface area contributed by atoms with Gasteiger partial charge >= 0.3 is 6.18 Å². The number of alkyl halides is 3. The molecule has 1 rings (SSSR count). The Hall–Kier alpha value is -1.11. The Kier molecular flexibility index (Phi) is 3.10. The molecule has 0 aliphatic carbocycles. The van der Waals surface area contributed by atoms with Crippen molar-refractivity contribution in [3.8, 4) is 0 Å². The van der Waals surface area contributed by atoms with Gasteiger partial charge in [0, 0.05) is 12.4 Å². The van der Waals surface area contributed by atoms with Gasteiger partial charge in [0.05, 0.1) is 11.3 Å². The number of halogens is 3. The second-order valence-corrected chi connectivity index (χ2v) is 3.55. The zero-order chi connectivity index (χ0) is 10.8. The lowest BCUT2D eigenvalue weighted by molar-refractivity contribution is -0.137. The summed E-state index contributed by atoms with van der Waals surface area (Å²) in [6, 6.07) is 0.776. The van der Waals surface area contributed by atoms with E-state index in [0.717, 1.165) is 12.3 Å². The van der Waals surface area contributed by atoms with Gasteiger partial charge in [-0.1, -0.05) is 0 Å². The average molecular weight is 225 g/mol. The number of pyridine rings is 1. The number of nitrogens with zero attached hydrogens (tertiary/aromatic N) is 1. The van der Waals surface area contributed by atoms with Gasteiger partial charge < -0.3 is 0 Å². The van der Waals surface area contributed by atoms with Gasteiger partial charge in [-0.3, -0.25) is 4.98 Å². The molecule has 0 aromatic carbocycles. The van der Waals surface area contributed by atoms with E-state index in [0.29, 0.717) is 6.20 Å². The summed E-state index contributed by atoms with van der Waals surface area (Å²) in [4.78, 5) is 3.32. The number of rotatable bonds is 2. The Morgan fingerprint density at radius 2 is 1.93 bits per heavy atom. The zero-order valence-corrected chi connectivity index (χ0v) is 7.68. The van der Waals surface area contributed by atoms with Crippen LogP contribution in [0, 0.1) is 0 Å². The average Bonchev–Trinajstić information content (AvgIpc) is 2.01. The molecule has 0 saturated carbocycles. The molecular weight excluding hydrogens is 219 g/mol. The summed E-state index contributed by atoms with van der Waals surface area (Å²) in [7, 11) is -2.73. The van der Waals surface area contributed by atoms with Crippen LogP contribution in [0.4, 0.5) is 13.2 Å². The Morgan fingerprint density at radius 1 is 1.29 bits per heavy atom. The predicted molar refractivity (Wildman–Crippen MR) is 43.3 cm³/mol. The molecule has 3 nitrogen and oxygen atoms in total. The Bertz CT molecular complexity index is 392. The van der Waals surface area contributed by atoms with Crippen molar-refractivity contribution in [2.45, 2.75) is 11.9 Å². The van der Waals surface area contributed by atoms with E-state index in [-0.39, 0.29) is 5.56 Å². The number of hydrogen-bond acceptors (Lipinski definition) is 3. The smallest absolute Gasteiger partial charge is 0.264 e. The fraction of sp³-hybridized carbons (Fsp3) is 0.286. The van der Waals surface area contributed by atoms with Crippen LogP contribution in [0.1, 0.15) is 11.1 Å². The molecule has 0 spiro atoms. The second kappa shape index (κ2) is 3.95. The molecule has 0 aliphatic heterocycles. The Balaban J connectivity index is 3.01. The van der Waals surface area contributed by atoms with Crippen molar-refractivity contribution in [2.75, 3.05) is 0 Å². The molecule has 0 saturated heterocycles. The molecule has 0 radical (unpaired) electrons. The van der Waals surface area contributed by atoms with Crippen LogP contribution in [0.2, 0.25) is 0 Å². The van der Waals surface area contributed by atoms with Gasteiger partial charge in [0.2, 0.25) is 0 Å². The van der Waals surface area contributed by atoms with Crippen molar-refractivity contribution in [2.24, 2.45) is 0 Å². The molecule has 1 aromatic rings. The highest BCUT2D eigenvalue weighted by Crippen LogP contribution is 2.28. The minimum Gasteiger partial charge on any atom is -0.264 e. The largest absolute Gasteiger partial charge is 0.417 e. The quantitative estimate of drug-likeness (QED) is 0.769. The number of hydrogen-bond donors (Lipinski definition) is 1. The van der Waals surface area contributed by atoms with Crippen molar-refractivity contribution in [1.29, 1.82) is 0 Å². The SMILES string of the molecule is O=[SH](=O)Cc1cncc(C(F)(F)F)c1. The number of aromatic nitrogens is 1. The first kappa shape index (κ1) is 11.0. The van der Waals surface area contributed by atoms with E-state index in [1.54, 1.807) is 0 Å². The summed E-state index contributed by atoms with van der Waals surface area (Å²) >= 11 is 0. The maximum Gasteiger partial charge on any atom is 0.417 e. The van der Waals surface area contributed by atoms with Gasteiger partial charge in [-0.15, -0.1) is 0 Å². The summed E-state index contributed by atoms with van der Waals surface area (Å²) in [5.74, 6) is -0.424. The van der Waals surface area contributed by atoms with Crippen LogP contribution in [0.25, 0.3) is 0 Å².